The van der Waals surface area contributed by atoms with Crippen molar-refractivity contribution < 1.29 is 13.6 Å². The molecule has 0 saturated carbocycles. The van der Waals surface area contributed by atoms with Crippen molar-refractivity contribution in [2.24, 2.45) is 0 Å². The zero-order valence-electron chi connectivity index (χ0n) is 8.42. The predicted octanol–water partition coefficient (Wildman–Crippen LogP) is 1.38. The van der Waals surface area contributed by atoms with Crippen molar-refractivity contribution in [2.75, 3.05) is 27.7 Å². The van der Waals surface area contributed by atoms with Crippen molar-refractivity contribution in [1.82, 2.24) is 0 Å². The first-order chi connectivity index (χ1) is 5.90. The van der Waals surface area contributed by atoms with Crippen LogP contribution in [0.1, 0.15) is 6.42 Å². The van der Waals surface area contributed by atoms with Crippen molar-refractivity contribution in [3.63, 3.8) is 0 Å². The Morgan fingerprint density at radius 1 is 1.62 bits per heavy atom. The summed E-state index contributed by atoms with van der Waals surface area (Å²) >= 11 is 5.19. The number of ketones is 1. The largest absolute Gasteiger partial charge is 0.331 e. The molecule has 1 unspecified atom stereocenters. The molecule has 0 rings (SSSR count). The average molecular weight is 207 g/mol. The fraction of sp³-hybridized carbons (Fsp3) is 0.667. The highest BCUT2D eigenvalue weighted by molar-refractivity contribution is 6.09. The summed E-state index contributed by atoms with van der Waals surface area (Å²) in [5, 5.41) is 0. The number of hydrogen-bond donors (Lipinski definition) is 0. The molecule has 0 N–H and O–H groups in total. The summed E-state index contributed by atoms with van der Waals surface area (Å²) in [7, 11) is 6.14. The van der Waals surface area contributed by atoms with Gasteiger partial charge in [0.25, 0.3) is 0 Å². The van der Waals surface area contributed by atoms with Crippen LogP contribution in [0.4, 0.5) is 0 Å². The zero-order valence-corrected chi connectivity index (χ0v) is 9.17. The molecular formula is C9H17ClNO2+. The fourth-order valence-electron chi connectivity index (χ4n) is 0.867. The maximum absolute atomic E-state index is 11.1. The lowest BCUT2D eigenvalue weighted by Crippen LogP contribution is -2.38. The number of quaternary nitrogens is 1. The summed E-state index contributed by atoms with van der Waals surface area (Å²) in [4.78, 5) is 11.1. The standard InChI is InChI=1S/C9H17ClNO2/c1-5-8(12)9(13-10)6-7-11(2,3)4/h5,9H,1,6-7H2,2-4H3/q+1. The third-order valence-corrected chi connectivity index (χ3v) is 1.90. The summed E-state index contributed by atoms with van der Waals surface area (Å²) < 4.78 is 5.32. The SMILES string of the molecule is C=CC(=O)C(CC[N+](C)(C)C)OCl. The molecule has 0 amide bonds. The van der Waals surface area contributed by atoms with Gasteiger partial charge in [-0.3, -0.25) is 9.08 Å². The zero-order chi connectivity index (χ0) is 10.5. The molecule has 1 atom stereocenters. The van der Waals surface area contributed by atoms with Crippen LogP contribution in [0.15, 0.2) is 12.7 Å². The summed E-state index contributed by atoms with van der Waals surface area (Å²) in [5.41, 5.74) is 0. The third-order valence-electron chi connectivity index (χ3n) is 1.69. The predicted molar refractivity (Wildman–Crippen MR) is 53.4 cm³/mol. The highest BCUT2D eigenvalue weighted by Gasteiger charge is 2.19. The molecule has 4 heteroatoms. The molecule has 0 spiro atoms. The van der Waals surface area contributed by atoms with Gasteiger partial charge in [-0.1, -0.05) is 6.58 Å². The van der Waals surface area contributed by atoms with Crippen LogP contribution in [-0.2, 0) is 9.08 Å². The van der Waals surface area contributed by atoms with Gasteiger partial charge in [0.05, 0.1) is 39.6 Å². The van der Waals surface area contributed by atoms with E-state index in [0.717, 1.165) is 11.0 Å². The number of hydrogen-bond acceptors (Lipinski definition) is 2. The molecule has 13 heavy (non-hydrogen) atoms. The van der Waals surface area contributed by atoms with Gasteiger partial charge < -0.3 is 4.48 Å². The second kappa shape index (κ2) is 5.37. The van der Waals surface area contributed by atoms with Gasteiger partial charge in [-0.25, -0.2) is 0 Å². The molecule has 0 saturated heterocycles. The molecule has 3 nitrogen and oxygen atoms in total. The lowest BCUT2D eigenvalue weighted by molar-refractivity contribution is -0.870. The number of rotatable bonds is 6. The lowest BCUT2D eigenvalue weighted by atomic mass is 10.1. The Labute approximate surface area is 84.7 Å². The highest BCUT2D eigenvalue weighted by atomic mass is 35.5. The minimum absolute atomic E-state index is 0.163. The highest BCUT2D eigenvalue weighted by Crippen LogP contribution is 2.06. The number of carbonyl (C=O) groups is 1. The Bertz CT molecular complexity index is 187. The molecule has 0 radical (unpaired) electrons. The van der Waals surface area contributed by atoms with Crippen LogP contribution in [0.25, 0.3) is 0 Å². The lowest BCUT2D eigenvalue weighted by Gasteiger charge is -2.24. The molecule has 0 aliphatic rings. The first-order valence-corrected chi connectivity index (χ1v) is 4.45. The van der Waals surface area contributed by atoms with E-state index in [9.17, 15) is 4.79 Å². The molecule has 0 aliphatic heterocycles. The van der Waals surface area contributed by atoms with Gasteiger partial charge in [-0.2, -0.15) is 0 Å². The minimum Gasteiger partial charge on any atom is -0.331 e. The fourth-order valence-corrected chi connectivity index (χ4v) is 1.04. The molecule has 0 aromatic heterocycles. The Kier molecular flexibility index (Phi) is 5.21. The van der Waals surface area contributed by atoms with E-state index in [1.165, 1.54) is 6.08 Å². The smallest absolute Gasteiger partial charge is 0.185 e. The first kappa shape index (κ1) is 12.6. The molecule has 0 aromatic carbocycles. The Hall–Kier alpha value is -0.380. The van der Waals surface area contributed by atoms with E-state index >= 15 is 0 Å². The molecule has 76 valence electrons. The Morgan fingerprint density at radius 2 is 2.15 bits per heavy atom. The van der Waals surface area contributed by atoms with Gasteiger partial charge in [-0.15, -0.1) is 0 Å². The Balaban J connectivity index is 4.00. The monoisotopic (exact) mass is 206 g/mol. The minimum atomic E-state index is -0.559. The topological polar surface area (TPSA) is 26.3 Å². The molecule has 0 aromatic rings. The number of nitrogens with zero attached hydrogens (tertiary/aromatic N) is 1. The summed E-state index contributed by atoms with van der Waals surface area (Å²) in [6.07, 6.45) is 1.29. The van der Waals surface area contributed by atoms with Crippen LogP contribution in [0, 0.1) is 0 Å². The van der Waals surface area contributed by atoms with Crippen molar-refractivity contribution in [2.45, 2.75) is 12.5 Å². The average Bonchev–Trinajstić information content (AvgIpc) is 2.03. The maximum Gasteiger partial charge on any atom is 0.185 e. The van der Waals surface area contributed by atoms with Crippen LogP contribution in [0.5, 0.6) is 0 Å². The quantitative estimate of drug-likeness (QED) is 0.485. The van der Waals surface area contributed by atoms with Gasteiger partial charge in [-0.05, 0) is 6.08 Å². The van der Waals surface area contributed by atoms with Crippen molar-refractivity contribution >= 4 is 17.6 Å². The summed E-state index contributed by atoms with van der Waals surface area (Å²) in [6.45, 7) is 4.21. The van der Waals surface area contributed by atoms with Crippen molar-refractivity contribution in [1.29, 1.82) is 0 Å². The normalized spacial score (nSPS) is 13.8. The van der Waals surface area contributed by atoms with Gasteiger partial charge in [0.1, 0.15) is 6.10 Å². The third kappa shape index (κ3) is 5.80. The maximum atomic E-state index is 11.1. The van der Waals surface area contributed by atoms with Crippen LogP contribution < -0.4 is 0 Å². The number of carbonyl (C=O) groups excluding carboxylic acids is 1. The molecular weight excluding hydrogens is 190 g/mol. The van der Waals surface area contributed by atoms with Crippen molar-refractivity contribution in [3.8, 4) is 0 Å². The van der Waals surface area contributed by atoms with Crippen LogP contribution in [0.3, 0.4) is 0 Å². The van der Waals surface area contributed by atoms with E-state index in [1.807, 2.05) is 21.1 Å². The van der Waals surface area contributed by atoms with Gasteiger partial charge in [0, 0.05) is 6.42 Å². The van der Waals surface area contributed by atoms with Crippen molar-refractivity contribution in [3.05, 3.63) is 12.7 Å². The molecule has 0 fully saturated rings. The van der Waals surface area contributed by atoms with E-state index in [0.29, 0.717) is 6.42 Å². The van der Waals surface area contributed by atoms with E-state index in [-0.39, 0.29) is 5.78 Å². The Morgan fingerprint density at radius 3 is 2.46 bits per heavy atom. The molecule has 0 aliphatic carbocycles. The first-order valence-electron chi connectivity index (χ1n) is 4.15. The van der Waals surface area contributed by atoms with Crippen LogP contribution in [-0.4, -0.2) is 44.1 Å². The number of halogens is 1. The molecule has 0 bridgehead atoms. The van der Waals surface area contributed by atoms with E-state index in [2.05, 4.69) is 10.9 Å². The van der Waals surface area contributed by atoms with Crippen LogP contribution in [0.2, 0.25) is 0 Å². The van der Waals surface area contributed by atoms with E-state index in [4.69, 9.17) is 11.9 Å². The molecule has 0 heterocycles. The van der Waals surface area contributed by atoms with Gasteiger partial charge in [0.2, 0.25) is 0 Å². The van der Waals surface area contributed by atoms with Crippen LogP contribution >= 0.6 is 11.9 Å². The van der Waals surface area contributed by atoms with E-state index in [1.54, 1.807) is 0 Å². The summed E-state index contributed by atoms with van der Waals surface area (Å²) in [5.74, 6) is -0.163. The summed E-state index contributed by atoms with van der Waals surface area (Å²) in [6, 6.07) is 0. The van der Waals surface area contributed by atoms with Gasteiger partial charge >= 0.3 is 0 Å². The second-order valence-corrected chi connectivity index (χ2v) is 4.17. The van der Waals surface area contributed by atoms with E-state index < -0.39 is 6.10 Å². The second-order valence-electron chi connectivity index (χ2n) is 3.99. The van der Waals surface area contributed by atoms with Gasteiger partial charge in [0.15, 0.2) is 5.78 Å².